The quantitative estimate of drug-likeness (QED) is 0.610. The van der Waals surface area contributed by atoms with Crippen LogP contribution < -0.4 is 11.2 Å². The zero-order chi connectivity index (χ0) is 13.4. The summed E-state index contributed by atoms with van der Waals surface area (Å²) in [5, 5.41) is -0.678. The number of H-pyrrole nitrogens is 1. The van der Waals surface area contributed by atoms with Gasteiger partial charge in [0.15, 0.2) is 6.23 Å². The number of alkyl halides is 1. The highest BCUT2D eigenvalue weighted by atomic mass is 35.5. The molecule has 0 saturated carbocycles. The number of nitrogens with one attached hydrogen (secondary N) is 1. The van der Waals surface area contributed by atoms with E-state index in [0.29, 0.717) is 6.29 Å². The minimum atomic E-state index is -1.12. The lowest BCUT2D eigenvalue weighted by molar-refractivity contribution is -0.120. The van der Waals surface area contributed by atoms with Crippen LogP contribution in [0.4, 0.5) is 4.39 Å². The van der Waals surface area contributed by atoms with Gasteiger partial charge < -0.3 is 9.53 Å². The second-order valence-electron chi connectivity index (χ2n) is 4.07. The van der Waals surface area contributed by atoms with Gasteiger partial charge in [0.1, 0.15) is 12.4 Å². The van der Waals surface area contributed by atoms with E-state index in [1.54, 1.807) is 11.9 Å². The summed E-state index contributed by atoms with van der Waals surface area (Å²) in [6, 6.07) is 0. The molecule has 1 N–H and O–H groups in total. The molecule has 0 radical (unpaired) electrons. The maximum atomic E-state index is 13.1. The average molecular weight is 277 g/mol. The van der Waals surface area contributed by atoms with Crippen molar-refractivity contribution in [1.82, 2.24) is 9.55 Å². The maximum Gasteiger partial charge on any atom is 0.330 e. The number of halogens is 2. The number of rotatable bonds is 2. The van der Waals surface area contributed by atoms with E-state index in [1.165, 1.54) is 0 Å². The Morgan fingerprint density at radius 1 is 1.56 bits per heavy atom. The number of aromatic amines is 1. The average Bonchev–Trinajstić information content (AvgIpc) is 2.61. The van der Waals surface area contributed by atoms with Crippen molar-refractivity contribution < 1.29 is 13.9 Å². The molecule has 18 heavy (non-hydrogen) atoms. The van der Waals surface area contributed by atoms with Gasteiger partial charge >= 0.3 is 5.69 Å². The third-order valence-corrected chi connectivity index (χ3v) is 3.54. The number of carbonyl (C=O) groups excluding carboxylic acids is 1. The minimum absolute atomic E-state index is 0.323. The summed E-state index contributed by atoms with van der Waals surface area (Å²) in [6.07, 6.45) is -0.455. The van der Waals surface area contributed by atoms with Crippen LogP contribution in [0.1, 0.15) is 13.2 Å². The molecule has 0 bridgehead atoms. The van der Waals surface area contributed by atoms with Crippen LogP contribution in [-0.4, -0.2) is 27.3 Å². The van der Waals surface area contributed by atoms with Crippen LogP contribution >= 0.6 is 11.6 Å². The van der Waals surface area contributed by atoms with Gasteiger partial charge in [0.25, 0.3) is 5.56 Å². The van der Waals surface area contributed by atoms with Crippen molar-refractivity contribution in [2.45, 2.75) is 24.6 Å². The molecular weight excluding hydrogens is 267 g/mol. The number of ether oxygens (including phenoxy) is 1. The SMILES string of the molecule is C[C@H]1[C@H](Cl)[C@H](n2cc(F)c(=O)[nH]c2=O)O[C@@H]1C=O. The van der Waals surface area contributed by atoms with Gasteiger partial charge in [-0.05, 0) is 0 Å². The van der Waals surface area contributed by atoms with Crippen LogP contribution in [-0.2, 0) is 9.53 Å². The number of aromatic nitrogens is 2. The molecule has 1 fully saturated rings. The highest BCUT2D eigenvalue weighted by Crippen LogP contribution is 2.35. The van der Waals surface area contributed by atoms with E-state index in [0.717, 1.165) is 10.8 Å². The zero-order valence-corrected chi connectivity index (χ0v) is 10.1. The van der Waals surface area contributed by atoms with E-state index in [9.17, 15) is 18.8 Å². The van der Waals surface area contributed by atoms with Crippen molar-refractivity contribution >= 4 is 17.9 Å². The molecule has 98 valence electrons. The van der Waals surface area contributed by atoms with Crippen molar-refractivity contribution in [3.05, 3.63) is 32.9 Å². The van der Waals surface area contributed by atoms with Crippen molar-refractivity contribution in [2.24, 2.45) is 5.92 Å². The van der Waals surface area contributed by atoms with Crippen LogP contribution in [0, 0.1) is 11.7 Å². The first-order chi connectivity index (χ1) is 8.45. The topological polar surface area (TPSA) is 81.2 Å². The van der Waals surface area contributed by atoms with Gasteiger partial charge in [-0.2, -0.15) is 4.39 Å². The lowest BCUT2D eigenvalue weighted by Gasteiger charge is -2.16. The molecule has 2 rings (SSSR count). The number of aldehydes is 1. The molecule has 1 aliphatic rings. The molecule has 0 amide bonds. The predicted octanol–water partition coefficient (Wildman–Crippen LogP) is 0.0155. The van der Waals surface area contributed by atoms with Gasteiger partial charge in [-0.15, -0.1) is 11.6 Å². The highest BCUT2D eigenvalue weighted by molar-refractivity contribution is 6.21. The van der Waals surface area contributed by atoms with Crippen LogP contribution in [0.5, 0.6) is 0 Å². The molecule has 0 unspecified atom stereocenters. The van der Waals surface area contributed by atoms with Gasteiger partial charge in [-0.3, -0.25) is 14.3 Å². The Labute approximate surface area is 105 Å². The summed E-state index contributed by atoms with van der Waals surface area (Å²) in [6.45, 7) is 1.68. The molecule has 0 aromatic carbocycles. The molecule has 0 aliphatic carbocycles. The van der Waals surface area contributed by atoms with Gasteiger partial charge in [-0.25, -0.2) is 4.79 Å². The van der Waals surface area contributed by atoms with E-state index in [-0.39, 0.29) is 5.92 Å². The summed E-state index contributed by atoms with van der Waals surface area (Å²) in [5.74, 6) is -1.44. The van der Waals surface area contributed by atoms with Crippen molar-refractivity contribution in [3.8, 4) is 0 Å². The normalized spacial score (nSPS) is 31.5. The van der Waals surface area contributed by atoms with Crippen molar-refractivity contribution in [3.63, 3.8) is 0 Å². The fourth-order valence-corrected chi connectivity index (χ4v) is 2.15. The second-order valence-corrected chi connectivity index (χ2v) is 4.58. The Bertz CT molecular complexity index is 584. The summed E-state index contributed by atoms with van der Waals surface area (Å²) in [7, 11) is 0. The lowest BCUT2D eigenvalue weighted by Crippen LogP contribution is -2.36. The third-order valence-electron chi connectivity index (χ3n) is 2.92. The number of nitrogens with zero attached hydrogens (tertiary/aromatic N) is 1. The molecule has 0 spiro atoms. The first-order valence-corrected chi connectivity index (χ1v) is 5.65. The van der Waals surface area contributed by atoms with Gasteiger partial charge in [0, 0.05) is 5.92 Å². The molecule has 8 heteroatoms. The predicted molar refractivity (Wildman–Crippen MR) is 60.1 cm³/mol. The number of hydrogen-bond donors (Lipinski definition) is 1. The van der Waals surface area contributed by atoms with Crippen LogP contribution in [0.3, 0.4) is 0 Å². The van der Waals surface area contributed by atoms with Crippen molar-refractivity contribution in [2.75, 3.05) is 0 Å². The maximum absolute atomic E-state index is 13.1. The first-order valence-electron chi connectivity index (χ1n) is 5.21. The Hall–Kier alpha value is -1.47. The number of carbonyl (C=O) groups is 1. The first kappa shape index (κ1) is 13.0. The zero-order valence-electron chi connectivity index (χ0n) is 9.30. The standard InChI is InChI=1S/C10H10ClFN2O4/c1-4-6(3-15)18-9(7(4)11)14-2-5(12)8(16)13-10(14)17/h2-4,6-7,9H,1H3,(H,13,16,17)/t4-,6-,7+,9-/m1/s1. The highest BCUT2D eigenvalue weighted by Gasteiger charge is 2.42. The van der Waals surface area contributed by atoms with Gasteiger partial charge in [0.05, 0.1) is 11.6 Å². The largest absolute Gasteiger partial charge is 0.345 e. The van der Waals surface area contributed by atoms with Crippen LogP contribution in [0.25, 0.3) is 0 Å². The monoisotopic (exact) mass is 276 g/mol. The van der Waals surface area contributed by atoms with Gasteiger partial charge in [0.2, 0.25) is 5.82 Å². The summed E-state index contributed by atoms with van der Waals surface area (Å²) >= 11 is 6.04. The fraction of sp³-hybridized carbons (Fsp3) is 0.500. The molecule has 1 aromatic rings. The summed E-state index contributed by atoms with van der Waals surface area (Å²) in [5.41, 5.74) is -1.95. The van der Waals surface area contributed by atoms with Gasteiger partial charge in [-0.1, -0.05) is 6.92 Å². The van der Waals surface area contributed by atoms with E-state index >= 15 is 0 Å². The van der Waals surface area contributed by atoms with E-state index in [2.05, 4.69) is 0 Å². The van der Waals surface area contributed by atoms with E-state index in [1.807, 2.05) is 0 Å². The smallest absolute Gasteiger partial charge is 0.330 e. The molecule has 2 heterocycles. The molecule has 4 atom stereocenters. The molecule has 1 aliphatic heterocycles. The molecular formula is C10H10ClFN2O4. The minimum Gasteiger partial charge on any atom is -0.345 e. The van der Waals surface area contributed by atoms with Crippen molar-refractivity contribution in [1.29, 1.82) is 0 Å². The molecule has 1 aromatic heterocycles. The second kappa shape index (κ2) is 4.66. The Kier molecular flexibility index (Phi) is 3.36. The Morgan fingerprint density at radius 2 is 2.22 bits per heavy atom. The van der Waals surface area contributed by atoms with E-state index in [4.69, 9.17) is 16.3 Å². The van der Waals surface area contributed by atoms with Crippen LogP contribution in [0.2, 0.25) is 0 Å². The lowest BCUT2D eigenvalue weighted by atomic mass is 10.0. The summed E-state index contributed by atoms with van der Waals surface area (Å²) < 4.78 is 19.3. The van der Waals surface area contributed by atoms with Crippen LogP contribution in [0.15, 0.2) is 15.8 Å². The molecule has 1 saturated heterocycles. The molecule has 6 nitrogen and oxygen atoms in total. The summed E-state index contributed by atoms with van der Waals surface area (Å²) in [4.78, 5) is 35.0. The number of hydrogen-bond acceptors (Lipinski definition) is 4. The van der Waals surface area contributed by atoms with E-state index < -0.39 is 34.8 Å². The fourth-order valence-electron chi connectivity index (χ4n) is 1.83. The Balaban J connectivity index is 2.45. The third kappa shape index (κ3) is 1.99. The Morgan fingerprint density at radius 3 is 2.78 bits per heavy atom.